The fourth-order valence-corrected chi connectivity index (χ4v) is 3.50. The minimum Gasteiger partial charge on any atom is -0.229 e. The second kappa shape index (κ2) is 3.84. The van der Waals surface area contributed by atoms with Crippen molar-refractivity contribution in [3.8, 4) is 0 Å². The Bertz CT molecular complexity index is 285. The summed E-state index contributed by atoms with van der Waals surface area (Å²) in [7, 11) is -2.82. The van der Waals surface area contributed by atoms with Gasteiger partial charge in [0.15, 0.2) is 0 Å². The van der Waals surface area contributed by atoms with Gasteiger partial charge >= 0.3 is 0 Å². The van der Waals surface area contributed by atoms with Crippen LogP contribution in [-0.2, 0) is 9.84 Å². The molecule has 2 unspecified atom stereocenters. The number of hydrogen-bond donors (Lipinski definition) is 0. The third-order valence-corrected chi connectivity index (χ3v) is 5.10. The molecule has 0 amide bonds. The SMILES string of the molecule is CC(C)(C)C1CCCC(S(C)(=O)=O)C1. The van der Waals surface area contributed by atoms with Gasteiger partial charge in [0.1, 0.15) is 9.84 Å². The summed E-state index contributed by atoms with van der Waals surface area (Å²) in [5, 5.41) is -0.0829. The molecule has 0 N–H and O–H groups in total. The van der Waals surface area contributed by atoms with Crippen LogP contribution >= 0.6 is 0 Å². The second-order valence-corrected chi connectivity index (χ2v) is 8.01. The van der Waals surface area contributed by atoms with Gasteiger partial charge in [-0.05, 0) is 30.6 Å². The van der Waals surface area contributed by atoms with Gasteiger partial charge in [0.2, 0.25) is 0 Å². The van der Waals surface area contributed by atoms with E-state index in [0.29, 0.717) is 5.92 Å². The van der Waals surface area contributed by atoms with Gasteiger partial charge in [-0.25, -0.2) is 8.42 Å². The molecule has 0 heterocycles. The summed E-state index contributed by atoms with van der Waals surface area (Å²) in [5.74, 6) is 0.566. The molecule has 1 rings (SSSR count). The summed E-state index contributed by atoms with van der Waals surface area (Å²) in [6.45, 7) is 6.63. The highest BCUT2D eigenvalue weighted by molar-refractivity contribution is 7.91. The average molecular weight is 218 g/mol. The molecular weight excluding hydrogens is 196 g/mol. The smallest absolute Gasteiger partial charge is 0.150 e. The first-order valence-corrected chi connectivity index (χ1v) is 7.35. The van der Waals surface area contributed by atoms with E-state index in [1.54, 1.807) is 0 Å². The normalized spacial score (nSPS) is 30.3. The third kappa shape index (κ3) is 2.97. The van der Waals surface area contributed by atoms with Gasteiger partial charge in [-0.3, -0.25) is 0 Å². The summed E-state index contributed by atoms with van der Waals surface area (Å²) in [5.41, 5.74) is 0.253. The lowest BCUT2D eigenvalue weighted by Gasteiger charge is -2.36. The van der Waals surface area contributed by atoms with Crippen LogP contribution < -0.4 is 0 Å². The summed E-state index contributed by atoms with van der Waals surface area (Å²) in [6.07, 6.45) is 5.37. The molecule has 1 aliphatic rings. The van der Waals surface area contributed by atoms with E-state index in [9.17, 15) is 8.42 Å². The van der Waals surface area contributed by atoms with Crippen molar-refractivity contribution >= 4 is 9.84 Å². The minimum absolute atomic E-state index is 0.0829. The predicted molar refractivity (Wildman–Crippen MR) is 60.0 cm³/mol. The van der Waals surface area contributed by atoms with E-state index in [-0.39, 0.29) is 10.7 Å². The summed E-state index contributed by atoms with van der Waals surface area (Å²) in [4.78, 5) is 0. The summed E-state index contributed by atoms with van der Waals surface area (Å²) in [6, 6.07) is 0. The van der Waals surface area contributed by atoms with Gasteiger partial charge < -0.3 is 0 Å². The van der Waals surface area contributed by atoms with Gasteiger partial charge in [0.05, 0.1) is 5.25 Å². The molecule has 0 bridgehead atoms. The lowest BCUT2D eigenvalue weighted by molar-refractivity contribution is 0.181. The third-order valence-electron chi connectivity index (χ3n) is 3.46. The van der Waals surface area contributed by atoms with Gasteiger partial charge in [-0.15, -0.1) is 0 Å². The van der Waals surface area contributed by atoms with Crippen molar-refractivity contribution in [3.05, 3.63) is 0 Å². The fraction of sp³-hybridized carbons (Fsp3) is 1.00. The van der Waals surface area contributed by atoms with Gasteiger partial charge in [0.25, 0.3) is 0 Å². The molecule has 2 nitrogen and oxygen atoms in total. The predicted octanol–water partition coefficient (Wildman–Crippen LogP) is 2.64. The molecular formula is C11H22O2S. The summed E-state index contributed by atoms with van der Waals surface area (Å²) < 4.78 is 22.9. The van der Waals surface area contributed by atoms with Crippen LogP contribution in [0.15, 0.2) is 0 Å². The van der Waals surface area contributed by atoms with E-state index in [1.165, 1.54) is 12.7 Å². The lowest BCUT2D eigenvalue weighted by Crippen LogP contribution is -2.33. The first kappa shape index (κ1) is 12.0. The van der Waals surface area contributed by atoms with Gasteiger partial charge in [-0.1, -0.05) is 27.2 Å². The zero-order chi connectivity index (χ0) is 11.0. The van der Waals surface area contributed by atoms with Crippen LogP contribution in [0.2, 0.25) is 0 Å². The molecule has 0 aromatic carbocycles. The van der Waals surface area contributed by atoms with E-state index in [0.717, 1.165) is 19.3 Å². The van der Waals surface area contributed by atoms with Crippen LogP contribution in [0.25, 0.3) is 0 Å². The van der Waals surface area contributed by atoms with Crippen molar-refractivity contribution in [2.24, 2.45) is 11.3 Å². The van der Waals surface area contributed by atoms with Crippen molar-refractivity contribution < 1.29 is 8.42 Å². The highest BCUT2D eigenvalue weighted by Gasteiger charge is 2.34. The Hall–Kier alpha value is -0.0500. The Morgan fingerprint density at radius 3 is 2.14 bits per heavy atom. The Morgan fingerprint density at radius 1 is 1.14 bits per heavy atom. The topological polar surface area (TPSA) is 34.1 Å². The Labute approximate surface area is 88.0 Å². The number of rotatable bonds is 1. The highest BCUT2D eigenvalue weighted by Crippen LogP contribution is 2.39. The molecule has 0 spiro atoms. The van der Waals surface area contributed by atoms with Crippen LogP contribution in [0.5, 0.6) is 0 Å². The molecule has 1 aliphatic carbocycles. The number of hydrogen-bond acceptors (Lipinski definition) is 2. The molecule has 3 heteroatoms. The second-order valence-electron chi connectivity index (χ2n) is 5.68. The number of sulfone groups is 1. The minimum atomic E-state index is -2.82. The van der Waals surface area contributed by atoms with Gasteiger partial charge in [-0.2, -0.15) is 0 Å². The maximum atomic E-state index is 11.5. The van der Waals surface area contributed by atoms with Crippen molar-refractivity contribution in [3.63, 3.8) is 0 Å². The average Bonchev–Trinajstić information content (AvgIpc) is 2.01. The molecule has 84 valence electrons. The molecule has 1 saturated carbocycles. The van der Waals surface area contributed by atoms with E-state index in [4.69, 9.17) is 0 Å². The Morgan fingerprint density at radius 2 is 1.71 bits per heavy atom. The zero-order valence-corrected chi connectivity index (χ0v) is 10.5. The Balaban J connectivity index is 2.71. The summed E-state index contributed by atoms with van der Waals surface area (Å²) >= 11 is 0. The largest absolute Gasteiger partial charge is 0.229 e. The monoisotopic (exact) mass is 218 g/mol. The van der Waals surface area contributed by atoms with E-state index in [1.807, 2.05) is 0 Å². The van der Waals surface area contributed by atoms with Crippen molar-refractivity contribution in [1.29, 1.82) is 0 Å². The lowest BCUT2D eigenvalue weighted by atomic mass is 9.72. The quantitative estimate of drug-likeness (QED) is 0.678. The van der Waals surface area contributed by atoms with Crippen LogP contribution in [0.1, 0.15) is 46.5 Å². The maximum absolute atomic E-state index is 11.5. The van der Waals surface area contributed by atoms with Gasteiger partial charge in [0, 0.05) is 6.26 Å². The van der Waals surface area contributed by atoms with Crippen LogP contribution in [0, 0.1) is 11.3 Å². The van der Waals surface area contributed by atoms with Crippen molar-refractivity contribution in [1.82, 2.24) is 0 Å². The molecule has 0 radical (unpaired) electrons. The molecule has 1 fully saturated rings. The molecule has 14 heavy (non-hydrogen) atoms. The molecule has 2 atom stereocenters. The van der Waals surface area contributed by atoms with E-state index in [2.05, 4.69) is 20.8 Å². The molecule has 0 aromatic rings. The molecule has 0 aromatic heterocycles. The van der Waals surface area contributed by atoms with E-state index >= 15 is 0 Å². The maximum Gasteiger partial charge on any atom is 0.150 e. The highest BCUT2D eigenvalue weighted by atomic mass is 32.2. The van der Waals surface area contributed by atoms with Crippen LogP contribution in [-0.4, -0.2) is 19.9 Å². The van der Waals surface area contributed by atoms with E-state index < -0.39 is 9.84 Å². The standard InChI is InChI=1S/C11H22O2S/c1-11(2,3)9-6-5-7-10(8-9)14(4,12)13/h9-10H,5-8H2,1-4H3. The first-order chi connectivity index (χ1) is 6.21. The Kier molecular flexibility index (Phi) is 3.30. The van der Waals surface area contributed by atoms with Crippen molar-refractivity contribution in [2.75, 3.05) is 6.26 Å². The van der Waals surface area contributed by atoms with Crippen molar-refractivity contribution in [2.45, 2.75) is 51.7 Å². The molecule has 0 saturated heterocycles. The molecule has 0 aliphatic heterocycles. The van der Waals surface area contributed by atoms with Crippen LogP contribution in [0.4, 0.5) is 0 Å². The fourth-order valence-electron chi connectivity index (χ4n) is 2.32. The first-order valence-electron chi connectivity index (χ1n) is 5.40. The zero-order valence-electron chi connectivity index (χ0n) is 9.71. The van der Waals surface area contributed by atoms with Crippen LogP contribution in [0.3, 0.4) is 0 Å².